The van der Waals surface area contributed by atoms with Crippen molar-refractivity contribution in [2.75, 3.05) is 5.32 Å². The van der Waals surface area contributed by atoms with Crippen molar-refractivity contribution in [2.24, 2.45) is 5.92 Å². The zero-order chi connectivity index (χ0) is 20.3. The first-order chi connectivity index (χ1) is 13.4. The summed E-state index contributed by atoms with van der Waals surface area (Å²) < 4.78 is 15.0. The summed E-state index contributed by atoms with van der Waals surface area (Å²) in [5, 5.41) is 5.57. The van der Waals surface area contributed by atoms with Gasteiger partial charge in [0.25, 0.3) is 5.91 Å². The molecule has 28 heavy (non-hydrogen) atoms. The van der Waals surface area contributed by atoms with Crippen LogP contribution in [-0.2, 0) is 11.3 Å². The molecule has 6 nitrogen and oxygen atoms in total. The largest absolute Gasteiger partial charge is 0.340 e. The van der Waals surface area contributed by atoms with Crippen molar-refractivity contribution in [3.8, 4) is 0 Å². The maximum absolute atomic E-state index is 13.1. The van der Waals surface area contributed by atoms with Crippen LogP contribution in [0.4, 0.5) is 10.3 Å². The molecule has 2 amide bonds. The van der Waals surface area contributed by atoms with E-state index >= 15 is 0 Å². The number of carbonyl (C=O) groups is 2. The molecule has 0 aliphatic heterocycles. The van der Waals surface area contributed by atoms with Gasteiger partial charge in [0.15, 0.2) is 0 Å². The Morgan fingerprint density at radius 2 is 1.79 bits per heavy atom. The molecular weight excluding hydrogens is 359 g/mol. The van der Waals surface area contributed by atoms with E-state index in [1.165, 1.54) is 24.3 Å². The van der Waals surface area contributed by atoms with Gasteiger partial charge in [0, 0.05) is 12.1 Å². The first-order valence-electron chi connectivity index (χ1n) is 9.23. The van der Waals surface area contributed by atoms with Crippen LogP contribution in [0.5, 0.6) is 0 Å². The van der Waals surface area contributed by atoms with Crippen LogP contribution in [0.1, 0.15) is 31.1 Å². The van der Waals surface area contributed by atoms with E-state index in [1.807, 2.05) is 49.6 Å². The molecule has 3 rings (SSSR count). The predicted molar refractivity (Wildman–Crippen MR) is 107 cm³/mol. The van der Waals surface area contributed by atoms with Gasteiger partial charge in [-0.2, -0.15) is 0 Å². The molecule has 2 N–H and O–H groups in total. The average Bonchev–Trinajstić information content (AvgIpc) is 3.02. The first-order valence-corrected chi connectivity index (χ1v) is 9.23. The zero-order valence-corrected chi connectivity index (χ0v) is 16.1. The normalized spacial score (nSPS) is 12.2. The second kappa shape index (κ2) is 8.21. The quantitative estimate of drug-likeness (QED) is 0.684. The number of halogens is 1. The molecule has 7 heteroatoms. The first kappa shape index (κ1) is 19.5. The van der Waals surface area contributed by atoms with Crippen LogP contribution in [0, 0.1) is 11.7 Å². The minimum absolute atomic E-state index is 0.149. The highest BCUT2D eigenvalue weighted by Crippen LogP contribution is 2.20. The minimum atomic E-state index is -0.761. The number of nitrogens with one attached hydrogen (secondary N) is 2. The van der Waals surface area contributed by atoms with Crippen molar-refractivity contribution in [3.63, 3.8) is 0 Å². The highest BCUT2D eigenvalue weighted by atomic mass is 19.1. The molecule has 0 aliphatic rings. The second-order valence-electron chi connectivity index (χ2n) is 6.86. The highest BCUT2D eigenvalue weighted by Gasteiger charge is 2.26. The van der Waals surface area contributed by atoms with Crippen molar-refractivity contribution in [2.45, 2.75) is 33.4 Å². The summed E-state index contributed by atoms with van der Waals surface area (Å²) in [6.45, 7) is 6.31. The van der Waals surface area contributed by atoms with Gasteiger partial charge in [-0.05, 0) is 49.2 Å². The topological polar surface area (TPSA) is 76.0 Å². The summed E-state index contributed by atoms with van der Waals surface area (Å²) >= 11 is 0. The van der Waals surface area contributed by atoms with Crippen LogP contribution >= 0.6 is 0 Å². The summed E-state index contributed by atoms with van der Waals surface area (Å²) in [6.07, 6.45) is 0. The summed E-state index contributed by atoms with van der Waals surface area (Å²) in [6, 6.07) is 12.1. The fourth-order valence-electron chi connectivity index (χ4n) is 3.04. The van der Waals surface area contributed by atoms with Crippen molar-refractivity contribution in [3.05, 3.63) is 59.9 Å². The van der Waals surface area contributed by atoms with Gasteiger partial charge in [0.05, 0.1) is 11.0 Å². The molecule has 0 spiro atoms. The SMILES string of the molecule is CCn1c(NC(=O)C(NC(=O)c2ccc(F)cc2)C(C)C)nc2ccccc21. The van der Waals surface area contributed by atoms with Crippen molar-refractivity contribution in [1.82, 2.24) is 14.9 Å². The third-order valence-corrected chi connectivity index (χ3v) is 4.55. The Balaban J connectivity index is 1.80. The van der Waals surface area contributed by atoms with Crippen molar-refractivity contribution in [1.29, 1.82) is 0 Å². The van der Waals surface area contributed by atoms with E-state index in [-0.39, 0.29) is 11.8 Å². The predicted octanol–water partition coefficient (Wildman–Crippen LogP) is 3.59. The van der Waals surface area contributed by atoms with E-state index in [2.05, 4.69) is 15.6 Å². The summed E-state index contributed by atoms with van der Waals surface area (Å²) in [5.74, 6) is -0.916. The Hall–Kier alpha value is -3.22. The maximum Gasteiger partial charge on any atom is 0.251 e. The number of hydrogen-bond donors (Lipinski definition) is 2. The Bertz CT molecular complexity index is 995. The number of carbonyl (C=O) groups excluding carboxylic acids is 2. The minimum Gasteiger partial charge on any atom is -0.340 e. The van der Waals surface area contributed by atoms with Crippen LogP contribution in [-0.4, -0.2) is 27.4 Å². The second-order valence-corrected chi connectivity index (χ2v) is 6.86. The molecule has 1 heterocycles. The molecule has 1 atom stereocenters. The van der Waals surface area contributed by atoms with Crippen LogP contribution in [0.15, 0.2) is 48.5 Å². The van der Waals surface area contributed by atoms with E-state index in [1.54, 1.807) is 0 Å². The Labute approximate surface area is 162 Å². The summed E-state index contributed by atoms with van der Waals surface area (Å²) in [4.78, 5) is 29.8. The molecule has 0 saturated carbocycles. The number of aryl methyl sites for hydroxylation is 1. The number of benzene rings is 2. The fraction of sp³-hybridized carbons (Fsp3) is 0.286. The molecule has 1 aromatic heterocycles. The molecule has 2 aromatic carbocycles. The number of aromatic nitrogens is 2. The fourth-order valence-corrected chi connectivity index (χ4v) is 3.04. The van der Waals surface area contributed by atoms with Gasteiger partial charge >= 0.3 is 0 Å². The average molecular weight is 382 g/mol. The van der Waals surface area contributed by atoms with E-state index in [0.29, 0.717) is 18.1 Å². The number of imidazole rings is 1. The number of anilines is 1. The van der Waals surface area contributed by atoms with E-state index in [4.69, 9.17) is 0 Å². The van der Waals surface area contributed by atoms with Gasteiger partial charge in [0.1, 0.15) is 11.9 Å². The molecule has 0 radical (unpaired) electrons. The van der Waals surface area contributed by atoms with Crippen LogP contribution in [0.3, 0.4) is 0 Å². The third-order valence-electron chi connectivity index (χ3n) is 4.55. The van der Waals surface area contributed by atoms with E-state index in [9.17, 15) is 14.0 Å². The van der Waals surface area contributed by atoms with Crippen LogP contribution < -0.4 is 10.6 Å². The number of rotatable bonds is 6. The molecule has 0 bridgehead atoms. The maximum atomic E-state index is 13.1. The van der Waals surface area contributed by atoms with Crippen molar-refractivity contribution >= 4 is 28.8 Å². The lowest BCUT2D eigenvalue weighted by atomic mass is 10.0. The molecule has 0 aliphatic carbocycles. The van der Waals surface area contributed by atoms with E-state index in [0.717, 1.165) is 11.0 Å². The van der Waals surface area contributed by atoms with Gasteiger partial charge in [-0.25, -0.2) is 9.37 Å². The van der Waals surface area contributed by atoms with Gasteiger partial charge in [-0.1, -0.05) is 26.0 Å². The van der Waals surface area contributed by atoms with Gasteiger partial charge < -0.3 is 9.88 Å². The Kier molecular flexibility index (Phi) is 5.73. The number of para-hydroxylation sites is 2. The number of amides is 2. The summed E-state index contributed by atoms with van der Waals surface area (Å²) in [5.41, 5.74) is 2.01. The van der Waals surface area contributed by atoms with Gasteiger partial charge in [-0.15, -0.1) is 0 Å². The van der Waals surface area contributed by atoms with Gasteiger partial charge in [0.2, 0.25) is 11.9 Å². The third kappa shape index (κ3) is 4.03. The van der Waals surface area contributed by atoms with Crippen LogP contribution in [0.2, 0.25) is 0 Å². The van der Waals surface area contributed by atoms with Crippen molar-refractivity contribution < 1.29 is 14.0 Å². The Morgan fingerprint density at radius 1 is 1.11 bits per heavy atom. The molecule has 1 unspecified atom stereocenters. The lowest BCUT2D eigenvalue weighted by molar-refractivity contribution is -0.118. The molecule has 0 fully saturated rings. The highest BCUT2D eigenvalue weighted by molar-refractivity contribution is 6.01. The van der Waals surface area contributed by atoms with Crippen LogP contribution in [0.25, 0.3) is 11.0 Å². The monoisotopic (exact) mass is 382 g/mol. The zero-order valence-electron chi connectivity index (χ0n) is 16.1. The smallest absolute Gasteiger partial charge is 0.251 e. The molecule has 3 aromatic rings. The molecule has 0 saturated heterocycles. The van der Waals surface area contributed by atoms with E-state index < -0.39 is 17.8 Å². The lowest BCUT2D eigenvalue weighted by Gasteiger charge is -2.21. The number of fused-ring (bicyclic) bond motifs is 1. The Morgan fingerprint density at radius 3 is 2.43 bits per heavy atom. The number of nitrogens with zero attached hydrogens (tertiary/aromatic N) is 2. The lowest BCUT2D eigenvalue weighted by Crippen LogP contribution is -2.47. The molecule has 146 valence electrons. The molecular formula is C21H23FN4O2. The summed E-state index contributed by atoms with van der Waals surface area (Å²) in [7, 11) is 0. The van der Waals surface area contributed by atoms with Gasteiger partial charge in [-0.3, -0.25) is 14.9 Å². The standard InChI is InChI=1S/C21H23FN4O2/c1-4-26-17-8-6-5-7-16(17)23-21(26)25-20(28)18(13(2)3)24-19(27)14-9-11-15(22)12-10-14/h5-13,18H,4H2,1-3H3,(H,24,27)(H,23,25,28). The number of hydrogen-bond acceptors (Lipinski definition) is 3.